The minimum absolute atomic E-state index is 0.104. The zero-order valence-electron chi connectivity index (χ0n) is 10.5. The normalized spacial score (nSPS) is 19.7. The molecule has 1 fully saturated rings. The number of nitrogens with zero attached hydrogens (tertiary/aromatic N) is 2. The number of rotatable bonds is 5. The van der Waals surface area contributed by atoms with Crippen LogP contribution in [0.15, 0.2) is 0 Å². The maximum Gasteiger partial charge on any atom is 0.320 e. The number of hydrogen-bond acceptors (Lipinski definition) is 4. The van der Waals surface area contributed by atoms with Crippen molar-refractivity contribution in [3.63, 3.8) is 0 Å². The number of urea groups is 1. The van der Waals surface area contributed by atoms with E-state index in [1.54, 1.807) is 0 Å². The largest absolute Gasteiger partial charge is 0.481 e. The summed E-state index contributed by atoms with van der Waals surface area (Å²) in [7, 11) is 0. The number of morpholine rings is 1. The third-order valence-corrected chi connectivity index (χ3v) is 2.91. The van der Waals surface area contributed by atoms with Crippen molar-refractivity contribution in [1.29, 1.82) is 0 Å². The van der Waals surface area contributed by atoms with Gasteiger partial charge in [0.15, 0.2) is 0 Å². The summed E-state index contributed by atoms with van der Waals surface area (Å²) in [6.45, 7) is 3.50. The Morgan fingerprint density at radius 3 is 2.78 bits per heavy atom. The lowest BCUT2D eigenvalue weighted by Crippen LogP contribution is -2.54. The quantitative estimate of drug-likeness (QED) is 0.701. The fraction of sp³-hybridized carbons (Fsp3) is 0.818. The van der Waals surface area contributed by atoms with E-state index in [0.717, 1.165) is 0 Å². The van der Waals surface area contributed by atoms with Crippen LogP contribution in [-0.4, -0.2) is 77.5 Å². The molecule has 7 nitrogen and oxygen atoms in total. The van der Waals surface area contributed by atoms with Crippen LogP contribution in [0.1, 0.15) is 13.3 Å². The molecule has 0 bridgehead atoms. The number of ether oxygens (including phenoxy) is 1. The molecule has 1 heterocycles. The molecule has 1 aliphatic rings. The van der Waals surface area contributed by atoms with E-state index in [4.69, 9.17) is 14.9 Å². The van der Waals surface area contributed by atoms with Gasteiger partial charge in [-0.3, -0.25) is 4.79 Å². The van der Waals surface area contributed by atoms with Crippen LogP contribution in [0.3, 0.4) is 0 Å². The van der Waals surface area contributed by atoms with E-state index >= 15 is 0 Å². The Morgan fingerprint density at radius 1 is 1.50 bits per heavy atom. The highest BCUT2D eigenvalue weighted by Gasteiger charge is 2.31. The molecule has 0 aromatic carbocycles. The monoisotopic (exact) mass is 260 g/mol. The van der Waals surface area contributed by atoms with Crippen LogP contribution >= 0.6 is 0 Å². The van der Waals surface area contributed by atoms with Crippen LogP contribution in [0, 0.1) is 0 Å². The fourth-order valence-electron chi connectivity index (χ4n) is 1.97. The number of carboxylic acid groups (broad SMARTS) is 1. The van der Waals surface area contributed by atoms with Crippen molar-refractivity contribution in [3.05, 3.63) is 0 Å². The standard InChI is InChI=1S/C11H20N2O5/c1-2-12(3-5-14)11(17)13-4-6-18-8-9(13)7-10(15)16/h9,14H,2-8H2,1H3,(H,15,16). The number of aliphatic carboxylic acids is 1. The first-order chi connectivity index (χ1) is 8.60. The molecular weight excluding hydrogens is 240 g/mol. The second-order valence-electron chi connectivity index (χ2n) is 4.11. The van der Waals surface area contributed by atoms with Gasteiger partial charge in [0.05, 0.1) is 32.3 Å². The second-order valence-corrected chi connectivity index (χ2v) is 4.11. The van der Waals surface area contributed by atoms with E-state index in [1.165, 1.54) is 9.80 Å². The van der Waals surface area contributed by atoms with Gasteiger partial charge < -0.3 is 24.7 Å². The van der Waals surface area contributed by atoms with Gasteiger partial charge in [0.2, 0.25) is 0 Å². The number of carboxylic acids is 1. The highest BCUT2D eigenvalue weighted by Crippen LogP contribution is 2.13. The molecule has 2 amide bonds. The van der Waals surface area contributed by atoms with E-state index in [9.17, 15) is 9.59 Å². The maximum atomic E-state index is 12.2. The van der Waals surface area contributed by atoms with Gasteiger partial charge >= 0.3 is 12.0 Å². The van der Waals surface area contributed by atoms with Gasteiger partial charge in [-0.15, -0.1) is 0 Å². The molecule has 0 radical (unpaired) electrons. The van der Waals surface area contributed by atoms with Gasteiger partial charge in [-0.1, -0.05) is 0 Å². The van der Waals surface area contributed by atoms with Crippen LogP contribution in [0.2, 0.25) is 0 Å². The van der Waals surface area contributed by atoms with Gasteiger partial charge in [0, 0.05) is 19.6 Å². The summed E-state index contributed by atoms with van der Waals surface area (Å²) < 4.78 is 5.21. The van der Waals surface area contributed by atoms with E-state index in [2.05, 4.69) is 0 Å². The molecule has 18 heavy (non-hydrogen) atoms. The molecule has 1 saturated heterocycles. The number of carbonyl (C=O) groups is 2. The molecule has 7 heteroatoms. The van der Waals surface area contributed by atoms with Crippen LogP contribution in [0.25, 0.3) is 0 Å². The van der Waals surface area contributed by atoms with E-state index in [-0.39, 0.29) is 32.2 Å². The molecule has 2 N–H and O–H groups in total. The smallest absolute Gasteiger partial charge is 0.320 e. The van der Waals surface area contributed by atoms with Gasteiger partial charge in [0.1, 0.15) is 0 Å². The summed E-state index contributed by atoms with van der Waals surface area (Å²) in [5.41, 5.74) is 0. The third-order valence-electron chi connectivity index (χ3n) is 2.91. The van der Waals surface area contributed by atoms with Crippen LogP contribution < -0.4 is 0 Å². The molecule has 1 aliphatic heterocycles. The first-order valence-corrected chi connectivity index (χ1v) is 6.06. The van der Waals surface area contributed by atoms with Crippen molar-refractivity contribution in [3.8, 4) is 0 Å². The lowest BCUT2D eigenvalue weighted by molar-refractivity contribution is -0.139. The molecule has 1 atom stereocenters. The molecule has 1 unspecified atom stereocenters. The number of aliphatic hydroxyl groups excluding tert-OH is 1. The fourth-order valence-corrected chi connectivity index (χ4v) is 1.97. The highest BCUT2D eigenvalue weighted by molar-refractivity contribution is 5.76. The molecule has 0 saturated carbocycles. The van der Waals surface area contributed by atoms with Crippen LogP contribution in [-0.2, 0) is 9.53 Å². The van der Waals surface area contributed by atoms with Crippen LogP contribution in [0.4, 0.5) is 4.79 Å². The second kappa shape index (κ2) is 7.17. The minimum atomic E-state index is -0.950. The predicted molar refractivity (Wildman–Crippen MR) is 63.3 cm³/mol. The van der Waals surface area contributed by atoms with Gasteiger partial charge in [-0.2, -0.15) is 0 Å². The van der Waals surface area contributed by atoms with Crippen molar-refractivity contribution in [1.82, 2.24) is 9.80 Å². The maximum absolute atomic E-state index is 12.2. The SMILES string of the molecule is CCN(CCO)C(=O)N1CCOCC1CC(=O)O. The number of amides is 2. The lowest BCUT2D eigenvalue weighted by atomic mass is 10.1. The molecular formula is C11H20N2O5. The number of likely N-dealkylation sites (N-methyl/N-ethyl adjacent to an activating group) is 1. The summed E-state index contributed by atoms with van der Waals surface area (Å²) in [6, 6.07) is -0.669. The predicted octanol–water partition coefficient (Wildman–Crippen LogP) is -0.404. The first-order valence-electron chi connectivity index (χ1n) is 6.06. The van der Waals surface area contributed by atoms with Crippen LogP contribution in [0.5, 0.6) is 0 Å². The summed E-state index contributed by atoms with van der Waals surface area (Å²) in [6.07, 6.45) is -0.123. The minimum Gasteiger partial charge on any atom is -0.481 e. The summed E-state index contributed by atoms with van der Waals surface area (Å²) in [5.74, 6) is -0.950. The van der Waals surface area contributed by atoms with Crippen molar-refractivity contribution >= 4 is 12.0 Å². The number of carbonyl (C=O) groups excluding carboxylic acids is 1. The van der Waals surface area contributed by atoms with Gasteiger partial charge in [-0.05, 0) is 6.92 Å². The zero-order chi connectivity index (χ0) is 13.5. The Bertz CT molecular complexity index is 297. The Labute approximate surface area is 106 Å². The average molecular weight is 260 g/mol. The number of hydrogen-bond donors (Lipinski definition) is 2. The molecule has 0 aromatic rings. The van der Waals surface area contributed by atoms with Crippen molar-refractivity contribution < 1.29 is 24.5 Å². The van der Waals surface area contributed by atoms with Crippen molar-refractivity contribution in [2.75, 3.05) is 39.5 Å². The Hall–Kier alpha value is -1.34. The zero-order valence-corrected chi connectivity index (χ0v) is 10.5. The van der Waals surface area contributed by atoms with Gasteiger partial charge in [-0.25, -0.2) is 4.79 Å². The molecule has 104 valence electrons. The summed E-state index contributed by atoms with van der Waals surface area (Å²) >= 11 is 0. The Balaban J connectivity index is 2.69. The molecule has 0 spiro atoms. The molecule has 0 aliphatic carbocycles. The van der Waals surface area contributed by atoms with E-state index < -0.39 is 12.0 Å². The van der Waals surface area contributed by atoms with Crippen molar-refractivity contribution in [2.45, 2.75) is 19.4 Å². The van der Waals surface area contributed by atoms with E-state index in [0.29, 0.717) is 19.7 Å². The first kappa shape index (κ1) is 14.7. The lowest BCUT2D eigenvalue weighted by Gasteiger charge is -2.37. The molecule has 1 rings (SSSR count). The summed E-state index contributed by atoms with van der Waals surface area (Å²) in [5, 5.41) is 17.7. The molecule has 0 aromatic heterocycles. The summed E-state index contributed by atoms with van der Waals surface area (Å²) in [4.78, 5) is 26.0. The Morgan fingerprint density at radius 2 is 2.22 bits per heavy atom. The van der Waals surface area contributed by atoms with Crippen molar-refractivity contribution in [2.24, 2.45) is 0 Å². The Kier molecular flexibility index (Phi) is 5.87. The average Bonchev–Trinajstić information content (AvgIpc) is 2.35. The third kappa shape index (κ3) is 3.85. The topological polar surface area (TPSA) is 90.3 Å². The van der Waals surface area contributed by atoms with Gasteiger partial charge in [0.25, 0.3) is 0 Å². The highest BCUT2D eigenvalue weighted by atomic mass is 16.5. The van der Waals surface area contributed by atoms with E-state index in [1.807, 2.05) is 6.92 Å². The number of aliphatic hydroxyl groups is 1.